The first kappa shape index (κ1) is 55.1. The van der Waals surface area contributed by atoms with Gasteiger partial charge in [-0.15, -0.1) is 0 Å². The maximum absolute atomic E-state index is 12.7. The molecule has 59 heavy (non-hydrogen) atoms. The molecule has 0 fully saturated rings. The van der Waals surface area contributed by atoms with Crippen LogP contribution >= 0.6 is 0 Å². The van der Waals surface area contributed by atoms with Gasteiger partial charge in [0.15, 0.2) is 6.10 Å². The first-order valence-electron chi connectivity index (χ1n) is 23.5. The van der Waals surface area contributed by atoms with E-state index in [1.807, 2.05) is 42.5 Å². The van der Waals surface area contributed by atoms with Crippen molar-refractivity contribution in [2.75, 3.05) is 13.2 Å². The highest BCUT2D eigenvalue weighted by Gasteiger charge is 2.19. The third kappa shape index (κ3) is 45.0. The van der Waals surface area contributed by atoms with E-state index in [-0.39, 0.29) is 31.1 Å². The molecular formula is C53H84O6. The number of hydrogen-bond donors (Lipinski definition) is 0. The van der Waals surface area contributed by atoms with E-state index in [4.69, 9.17) is 14.2 Å². The number of carbonyl (C=O) groups excluding carboxylic acids is 3. The van der Waals surface area contributed by atoms with Crippen LogP contribution in [-0.2, 0) is 28.6 Å². The summed E-state index contributed by atoms with van der Waals surface area (Å²) in [5, 5.41) is 0. The van der Waals surface area contributed by atoms with Crippen molar-refractivity contribution in [3.63, 3.8) is 0 Å². The number of esters is 3. The highest BCUT2D eigenvalue weighted by atomic mass is 16.6. The molecule has 0 bridgehead atoms. The van der Waals surface area contributed by atoms with Crippen molar-refractivity contribution in [2.24, 2.45) is 0 Å². The molecular weight excluding hydrogens is 733 g/mol. The zero-order valence-electron chi connectivity index (χ0n) is 37.7. The van der Waals surface area contributed by atoms with Crippen LogP contribution in [0.3, 0.4) is 0 Å². The van der Waals surface area contributed by atoms with E-state index in [2.05, 4.69) is 87.6 Å². The monoisotopic (exact) mass is 817 g/mol. The summed E-state index contributed by atoms with van der Waals surface area (Å²) in [6.07, 6.45) is 62.1. The molecule has 332 valence electrons. The zero-order valence-corrected chi connectivity index (χ0v) is 37.7. The largest absolute Gasteiger partial charge is 0.462 e. The van der Waals surface area contributed by atoms with E-state index >= 15 is 0 Å². The maximum atomic E-state index is 12.7. The Hall–Kier alpha value is -3.93. The summed E-state index contributed by atoms with van der Waals surface area (Å²) in [7, 11) is 0. The topological polar surface area (TPSA) is 78.9 Å². The number of allylic oxidation sites excluding steroid dienone is 18. The molecule has 0 spiro atoms. The standard InChI is InChI=1S/C53H84O6/c1-4-7-10-13-16-19-22-24-25-26-27-28-30-31-34-37-40-43-46-52(55)58-49-50(48-57-51(54)45-42-39-36-33-21-18-15-12-9-6-3)59-53(56)47-44-41-38-35-32-29-23-20-17-14-11-8-5-2/h8,10-11,13-20,22-28,50H,4-7,9,12,21,29-49H2,1-3H3/b11-8-,13-10-,17-14-,18-15-,19-16-,23-20-,24-22-,26-25-,28-27-. The first-order chi connectivity index (χ1) is 29.0. The van der Waals surface area contributed by atoms with Gasteiger partial charge in [-0.3, -0.25) is 14.4 Å². The molecule has 6 nitrogen and oxygen atoms in total. The second kappa shape index (κ2) is 46.8. The minimum atomic E-state index is -0.804. The van der Waals surface area contributed by atoms with E-state index in [9.17, 15) is 14.4 Å². The number of rotatable bonds is 40. The van der Waals surface area contributed by atoms with Crippen molar-refractivity contribution < 1.29 is 28.6 Å². The van der Waals surface area contributed by atoms with Crippen molar-refractivity contribution in [3.05, 3.63) is 109 Å². The van der Waals surface area contributed by atoms with Crippen LogP contribution in [0.4, 0.5) is 0 Å². The summed E-state index contributed by atoms with van der Waals surface area (Å²) in [6.45, 7) is 6.29. The maximum Gasteiger partial charge on any atom is 0.306 e. The second-order valence-corrected chi connectivity index (χ2v) is 15.1. The average Bonchev–Trinajstić information content (AvgIpc) is 3.23. The molecule has 1 atom stereocenters. The number of carbonyl (C=O) groups is 3. The SMILES string of the molecule is CC\C=C/C=C\C=C/CCCCCCCC(=O)OC(COC(=O)CCCCCC/C=C\CCCC)COC(=O)CCCCCCC\C=C/C=C\C=C/C=C\C=C/CCC. The Morgan fingerprint density at radius 3 is 1.15 bits per heavy atom. The van der Waals surface area contributed by atoms with Gasteiger partial charge in [0.2, 0.25) is 0 Å². The van der Waals surface area contributed by atoms with Crippen LogP contribution in [0.1, 0.15) is 188 Å². The fraction of sp³-hybridized carbons (Fsp3) is 0.604. The second-order valence-electron chi connectivity index (χ2n) is 15.1. The molecule has 0 saturated carbocycles. The Labute approximate surface area is 361 Å². The van der Waals surface area contributed by atoms with Crippen LogP contribution in [0.25, 0.3) is 0 Å². The molecule has 0 N–H and O–H groups in total. The van der Waals surface area contributed by atoms with Crippen LogP contribution in [0.2, 0.25) is 0 Å². The Kier molecular flexibility index (Phi) is 43.6. The van der Waals surface area contributed by atoms with Crippen molar-refractivity contribution in [3.8, 4) is 0 Å². The van der Waals surface area contributed by atoms with Gasteiger partial charge < -0.3 is 14.2 Å². The molecule has 0 saturated heterocycles. The number of hydrogen-bond acceptors (Lipinski definition) is 6. The Morgan fingerprint density at radius 2 is 0.712 bits per heavy atom. The quantitative estimate of drug-likeness (QED) is 0.0201. The summed E-state index contributed by atoms with van der Waals surface area (Å²) >= 11 is 0. The van der Waals surface area contributed by atoms with E-state index < -0.39 is 6.10 Å². The van der Waals surface area contributed by atoms with E-state index in [1.54, 1.807) is 0 Å². The minimum Gasteiger partial charge on any atom is -0.462 e. The Bertz CT molecular complexity index is 1260. The van der Waals surface area contributed by atoms with Gasteiger partial charge in [0.1, 0.15) is 13.2 Å². The molecule has 0 aliphatic rings. The molecule has 0 aliphatic heterocycles. The molecule has 6 heteroatoms. The molecule has 0 aromatic heterocycles. The van der Waals surface area contributed by atoms with Gasteiger partial charge in [0.05, 0.1) is 0 Å². The van der Waals surface area contributed by atoms with Crippen molar-refractivity contribution >= 4 is 17.9 Å². The smallest absolute Gasteiger partial charge is 0.306 e. The highest BCUT2D eigenvalue weighted by Crippen LogP contribution is 2.12. The Morgan fingerprint density at radius 1 is 0.356 bits per heavy atom. The normalized spacial score (nSPS) is 13.1. The van der Waals surface area contributed by atoms with Gasteiger partial charge in [-0.05, 0) is 77.0 Å². The average molecular weight is 817 g/mol. The molecule has 0 heterocycles. The predicted molar refractivity (Wildman–Crippen MR) is 251 cm³/mol. The molecule has 0 aromatic rings. The fourth-order valence-corrected chi connectivity index (χ4v) is 5.86. The lowest BCUT2D eigenvalue weighted by atomic mass is 10.1. The molecule has 0 amide bonds. The van der Waals surface area contributed by atoms with Crippen LogP contribution in [0.15, 0.2) is 109 Å². The van der Waals surface area contributed by atoms with Crippen LogP contribution in [0.5, 0.6) is 0 Å². The van der Waals surface area contributed by atoms with Gasteiger partial charge in [-0.25, -0.2) is 0 Å². The van der Waals surface area contributed by atoms with Crippen LogP contribution in [-0.4, -0.2) is 37.2 Å². The lowest BCUT2D eigenvalue weighted by Crippen LogP contribution is -2.30. The van der Waals surface area contributed by atoms with Crippen molar-refractivity contribution in [1.82, 2.24) is 0 Å². The minimum absolute atomic E-state index is 0.104. The van der Waals surface area contributed by atoms with E-state index in [0.29, 0.717) is 19.3 Å². The zero-order chi connectivity index (χ0) is 43.0. The summed E-state index contributed by atoms with van der Waals surface area (Å²) in [6, 6.07) is 0. The van der Waals surface area contributed by atoms with Gasteiger partial charge >= 0.3 is 17.9 Å². The number of ether oxygens (including phenoxy) is 3. The third-order valence-electron chi connectivity index (χ3n) is 9.40. The van der Waals surface area contributed by atoms with Crippen LogP contribution in [0, 0.1) is 0 Å². The molecule has 0 aromatic carbocycles. The van der Waals surface area contributed by atoms with Gasteiger partial charge in [-0.2, -0.15) is 0 Å². The number of unbranched alkanes of at least 4 members (excludes halogenated alkanes) is 17. The molecule has 0 aliphatic carbocycles. The predicted octanol–water partition coefficient (Wildman–Crippen LogP) is 15.2. The lowest BCUT2D eigenvalue weighted by molar-refractivity contribution is -0.167. The third-order valence-corrected chi connectivity index (χ3v) is 9.40. The van der Waals surface area contributed by atoms with Gasteiger partial charge in [0.25, 0.3) is 0 Å². The molecule has 1 unspecified atom stereocenters. The van der Waals surface area contributed by atoms with Gasteiger partial charge in [-0.1, -0.05) is 201 Å². The summed E-state index contributed by atoms with van der Waals surface area (Å²) in [5.41, 5.74) is 0. The lowest BCUT2D eigenvalue weighted by Gasteiger charge is -2.18. The Balaban J connectivity index is 4.48. The van der Waals surface area contributed by atoms with E-state index in [1.165, 1.54) is 19.3 Å². The summed E-state index contributed by atoms with van der Waals surface area (Å²) in [5.74, 6) is -0.974. The first-order valence-corrected chi connectivity index (χ1v) is 23.5. The summed E-state index contributed by atoms with van der Waals surface area (Å²) < 4.78 is 16.7. The van der Waals surface area contributed by atoms with Crippen molar-refractivity contribution in [2.45, 2.75) is 194 Å². The van der Waals surface area contributed by atoms with Gasteiger partial charge in [0, 0.05) is 19.3 Å². The fourth-order valence-electron chi connectivity index (χ4n) is 5.86. The van der Waals surface area contributed by atoms with Crippen molar-refractivity contribution in [1.29, 1.82) is 0 Å². The van der Waals surface area contributed by atoms with E-state index in [0.717, 1.165) is 128 Å². The highest BCUT2D eigenvalue weighted by molar-refractivity contribution is 5.71. The molecule has 0 radical (unpaired) electrons. The van der Waals surface area contributed by atoms with Crippen LogP contribution < -0.4 is 0 Å². The summed E-state index contributed by atoms with van der Waals surface area (Å²) in [4.78, 5) is 37.8. The molecule has 0 rings (SSSR count).